The van der Waals surface area contributed by atoms with Gasteiger partial charge in [0.05, 0.1) is 24.2 Å². The van der Waals surface area contributed by atoms with E-state index in [1.54, 1.807) is 24.3 Å². The summed E-state index contributed by atoms with van der Waals surface area (Å²) in [4.78, 5) is 51.6. The Morgan fingerprint density at radius 2 is 1.98 bits per heavy atom. The van der Waals surface area contributed by atoms with Crippen LogP contribution in [0.3, 0.4) is 0 Å². The van der Waals surface area contributed by atoms with Crippen molar-refractivity contribution in [1.82, 2.24) is 25.0 Å². The van der Waals surface area contributed by atoms with E-state index in [1.165, 1.54) is 19.2 Å². The van der Waals surface area contributed by atoms with E-state index in [2.05, 4.69) is 30.0 Å². The third-order valence-corrected chi connectivity index (χ3v) is 8.25. The van der Waals surface area contributed by atoms with Crippen LogP contribution in [0.4, 0.5) is 16.8 Å². The van der Waals surface area contributed by atoms with Gasteiger partial charge in [-0.2, -0.15) is 13.5 Å². The number of rotatable bonds is 13. The van der Waals surface area contributed by atoms with Crippen LogP contribution >= 0.6 is 11.3 Å². The average molecular weight is 705 g/mol. The van der Waals surface area contributed by atoms with Crippen LogP contribution in [0.5, 0.6) is 5.75 Å². The number of carbonyl (C=O) groups is 3. The van der Waals surface area contributed by atoms with Gasteiger partial charge in [-0.15, -0.1) is 25.0 Å². The maximum absolute atomic E-state index is 13.2. The summed E-state index contributed by atoms with van der Waals surface area (Å²) in [7, 11) is -1.22. The highest BCUT2D eigenvalue weighted by molar-refractivity contribution is 7.80. The molecule has 48 heavy (non-hydrogen) atoms. The van der Waals surface area contributed by atoms with Gasteiger partial charge in [0.1, 0.15) is 29.9 Å². The molecule has 1 aliphatic rings. The number of β-lactam (4-membered cyclic amide) rings is 1. The standard InChI is InChI=1S/C27H29N9O10S2/c1-27(2)22(24(38)36(27)46-48(41,42)43)32-23(37)21(17-13-47-26(28)30-17)33-45-18(25(39)40)12-44-15-6-7-16-14(11-15)5-8-19(29-16)31-20-9-10-34(3)35(20)4/h5-11,13,18,22H,12H2,1-4H3,(H5,28,30,32,37,39,40,41,42,43)/p+1/b33-21-/t18-,22?/m0/s1. The Balaban J connectivity index is 1.28. The first-order valence-corrected chi connectivity index (χ1v) is 16.1. The molecule has 0 radical (unpaired) electrons. The minimum absolute atomic E-state index is 0.0548. The minimum atomic E-state index is -5.02. The number of anilines is 3. The van der Waals surface area contributed by atoms with E-state index in [-0.39, 0.29) is 10.8 Å². The van der Waals surface area contributed by atoms with Gasteiger partial charge in [0, 0.05) is 10.8 Å². The number of pyridine rings is 1. The molecule has 4 aromatic rings. The van der Waals surface area contributed by atoms with Gasteiger partial charge < -0.3 is 31.0 Å². The number of nitrogens with zero attached hydrogens (tertiary/aromatic N) is 6. The number of hydrogen-bond acceptors (Lipinski definition) is 14. The number of carboxylic acid groups (broad SMARTS) is 1. The molecular formula is C27H30N9O10S2+. The number of fused-ring (bicyclic) bond motifs is 1. The number of hydroxylamine groups is 2. The fourth-order valence-electron chi connectivity index (χ4n) is 4.53. The summed E-state index contributed by atoms with van der Waals surface area (Å²) < 4.78 is 44.9. The molecule has 3 aromatic heterocycles. The van der Waals surface area contributed by atoms with E-state index in [9.17, 15) is 27.9 Å². The lowest BCUT2D eigenvalue weighted by molar-refractivity contribution is -0.750. The van der Waals surface area contributed by atoms with Crippen LogP contribution in [-0.4, -0.2) is 85.6 Å². The molecule has 0 saturated carbocycles. The molecular weight excluding hydrogens is 674 g/mol. The van der Waals surface area contributed by atoms with Crippen LogP contribution in [0, 0.1) is 0 Å². The van der Waals surface area contributed by atoms with Crippen LogP contribution < -0.4 is 25.8 Å². The maximum atomic E-state index is 13.2. The molecule has 0 bridgehead atoms. The predicted molar refractivity (Wildman–Crippen MR) is 168 cm³/mol. The van der Waals surface area contributed by atoms with Gasteiger partial charge in [-0.25, -0.2) is 14.8 Å². The Labute approximate surface area is 276 Å². The summed E-state index contributed by atoms with van der Waals surface area (Å²) in [5.74, 6) is -1.72. The average Bonchev–Trinajstić information content (AvgIpc) is 3.59. The zero-order valence-electron chi connectivity index (χ0n) is 25.7. The van der Waals surface area contributed by atoms with E-state index in [0.29, 0.717) is 22.1 Å². The second-order valence-corrected chi connectivity index (χ2v) is 12.8. The van der Waals surface area contributed by atoms with Crippen LogP contribution in [0.15, 0.2) is 53.1 Å². The maximum Gasteiger partial charge on any atom is 0.418 e. The van der Waals surface area contributed by atoms with E-state index in [1.807, 2.05) is 41.8 Å². The van der Waals surface area contributed by atoms with Gasteiger partial charge in [0.15, 0.2) is 29.9 Å². The molecule has 0 aliphatic carbocycles. The topological polar surface area (TPSA) is 254 Å². The first-order valence-electron chi connectivity index (χ1n) is 13.9. The number of benzene rings is 1. The van der Waals surface area contributed by atoms with Crippen molar-refractivity contribution in [3.8, 4) is 5.75 Å². The van der Waals surface area contributed by atoms with E-state index in [4.69, 9.17) is 19.9 Å². The summed E-state index contributed by atoms with van der Waals surface area (Å²) in [5.41, 5.74) is 4.30. The molecule has 21 heteroatoms. The monoisotopic (exact) mass is 704 g/mol. The molecule has 1 saturated heterocycles. The van der Waals surface area contributed by atoms with E-state index in [0.717, 1.165) is 22.5 Å². The number of nitrogens with one attached hydrogen (secondary N) is 2. The number of carboxylic acids is 1. The largest absolute Gasteiger partial charge is 0.489 e. The van der Waals surface area contributed by atoms with Crippen molar-refractivity contribution < 1.29 is 51.0 Å². The number of amides is 2. The lowest BCUT2D eigenvalue weighted by Crippen LogP contribution is -2.76. The fraction of sp³-hybridized carbons (Fsp3) is 0.296. The lowest BCUT2D eigenvalue weighted by atomic mass is 9.84. The number of aromatic nitrogens is 4. The number of nitrogen functional groups attached to an aromatic ring is 1. The highest BCUT2D eigenvalue weighted by Gasteiger charge is 2.58. The molecule has 19 nitrogen and oxygen atoms in total. The summed E-state index contributed by atoms with van der Waals surface area (Å²) in [6.45, 7) is 2.20. The van der Waals surface area contributed by atoms with Crippen molar-refractivity contribution in [2.75, 3.05) is 17.7 Å². The van der Waals surface area contributed by atoms with Gasteiger partial charge in [-0.05, 0) is 44.2 Å². The fourth-order valence-corrected chi connectivity index (χ4v) is 5.53. The number of hydrogen-bond donors (Lipinski definition) is 5. The van der Waals surface area contributed by atoms with Gasteiger partial charge in [0.2, 0.25) is 0 Å². The zero-order valence-corrected chi connectivity index (χ0v) is 27.4. The first-order chi connectivity index (χ1) is 22.5. The second kappa shape index (κ2) is 13.0. The third-order valence-electron chi connectivity index (χ3n) is 7.24. The normalized spacial score (nSPS) is 16.7. The molecule has 2 amide bonds. The molecule has 1 unspecified atom stereocenters. The number of nitrogens with two attached hydrogens (primary N) is 1. The van der Waals surface area contributed by atoms with Gasteiger partial charge >= 0.3 is 16.4 Å². The number of aryl methyl sites for hydroxylation is 1. The number of carbonyl (C=O) groups excluding carboxylic acids is 2. The number of aliphatic carboxylic acids is 1. The second-order valence-electron chi connectivity index (χ2n) is 10.9. The van der Waals surface area contributed by atoms with Crippen LogP contribution in [0.1, 0.15) is 19.5 Å². The van der Waals surface area contributed by atoms with E-state index >= 15 is 0 Å². The quantitative estimate of drug-likeness (QED) is 0.0412. The number of oxime groups is 1. The number of thiazole rings is 1. The Hall–Kier alpha value is -5.38. The molecule has 254 valence electrons. The summed E-state index contributed by atoms with van der Waals surface area (Å²) in [6.07, 6.45) is 0.201. The van der Waals surface area contributed by atoms with Crippen LogP contribution in [0.25, 0.3) is 10.9 Å². The van der Waals surface area contributed by atoms with Crippen molar-refractivity contribution in [2.24, 2.45) is 19.3 Å². The molecule has 2 atom stereocenters. The van der Waals surface area contributed by atoms with Crippen LogP contribution in [0.2, 0.25) is 0 Å². The molecule has 1 aliphatic heterocycles. The summed E-state index contributed by atoms with van der Waals surface area (Å²) in [6, 6.07) is 9.16. The molecule has 4 heterocycles. The Bertz CT molecular complexity index is 2040. The smallest absolute Gasteiger partial charge is 0.418 e. The summed E-state index contributed by atoms with van der Waals surface area (Å²) in [5, 5.41) is 21.6. The Kier molecular flexibility index (Phi) is 9.22. The first kappa shape index (κ1) is 34.0. The van der Waals surface area contributed by atoms with E-state index < -0.39 is 58.2 Å². The highest BCUT2D eigenvalue weighted by Crippen LogP contribution is 2.33. The minimum Gasteiger partial charge on any atom is -0.489 e. The van der Waals surface area contributed by atoms with Gasteiger partial charge in [-0.3, -0.25) is 14.1 Å². The van der Waals surface area contributed by atoms with Crippen molar-refractivity contribution in [2.45, 2.75) is 31.5 Å². The predicted octanol–water partition coefficient (Wildman–Crippen LogP) is 0.273. The molecule has 5 rings (SSSR count). The summed E-state index contributed by atoms with van der Waals surface area (Å²) >= 11 is 0.956. The van der Waals surface area contributed by atoms with Crippen molar-refractivity contribution in [3.63, 3.8) is 0 Å². The van der Waals surface area contributed by atoms with Crippen LogP contribution in [-0.2, 0) is 48.0 Å². The van der Waals surface area contributed by atoms with Gasteiger partial charge in [0.25, 0.3) is 17.9 Å². The number of ether oxygens (including phenoxy) is 1. The lowest BCUT2D eigenvalue weighted by Gasteiger charge is -2.50. The third kappa shape index (κ3) is 7.27. The van der Waals surface area contributed by atoms with Crippen molar-refractivity contribution in [1.29, 1.82) is 0 Å². The Morgan fingerprint density at radius 1 is 1.23 bits per heavy atom. The molecule has 1 fully saturated rings. The molecule has 1 aromatic carbocycles. The molecule has 0 spiro atoms. The Morgan fingerprint density at radius 3 is 2.58 bits per heavy atom. The molecule has 6 N–H and O–H groups in total. The SMILES string of the molecule is Cn1c(Nc2ccc3cc(OC[C@H](O/N=C(\C(=O)NC4C(=O)N(OS(=O)(=O)O)C4(C)C)c4csc(N)n4)C(=O)O)ccc3n2)cc[n+]1C. The van der Waals surface area contributed by atoms with Crippen molar-refractivity contribution in [3.05, 3.63) is 53.7 Å². The van der Waals surface area contributed by atoms with Gasteiger partial charge in [-0.1, -0.05) is 5.16 Å². The highest BCUT2D eigenvalue weighted by atomic mass is 32.3. The van der Waals surface area contributed by atoms with Crippen molar-refractivity contribution >= 4 is 72.9 Å². The zero-order chi connectivity index (χ0) is 35.0.